The highest BCUT2D eigenvalue weighted by atomic mass is 16.5. The van der Waals surface area contributed by atoms with Gasteiger partial charge in [0.15, 0.2) is 0 Å². The van der Waals surface area contributed by atoms with Gasteiger partial charge in [-0.3, -0.25) is 4.90 Å². The second-order valence-corrected chi connectivity index (χ2v) is 3.32. The van der Waals surface area contributed by atoms with Crippen LogP contribution in [0.2, 0.25) is 0 Å². The van der Waals surface area contributed by atoms with E-state index in [4.69, 9.17) is 19.7 Å². The summed E-state index contributed by atoms with van der Waals surface area (Å²) in [6.45, 7) is -0.418. The highest BCUT2D eigenvalue weighted by Gasteiger charge is 2.11. The number of methoxy groups -OCH3 is 2. The molecule has 0 radical (unpaired) electrons. The number of hydrogen-bond donors (Lipinski definition) is 4. The van der Waals surface area contributed by atoms with Gasteiger partial charge < -0.3 is 30.3 Å². The average Bonchev–Trinajstić information content (AvgIpc) is 2.44. The Bertz CT molecular complexity index is 349. The molecule has 0 spiro atoms. The molecule has 0 atom stereocenters. The fraction of sp³-hybridized carbons (Fsp3) is 0.667. The zero-order valence-corrected chi connectivity index (χ0v) is 10.8. The van der Waals surface area contributed by atoms with Gasteiger partial charge in [0.2, 0.25) is 17.8 Å². The summed E-state index contributed by atoms with van der Waals surface area (Å²) >= 11 is 0. The van der Waals surface area contributed by atoms with Gasteiger partial charge in [-0.05, 0) is 0 Å². The summed E-state index contributed by atoms with van der Waals surface area (Å²) < 4.78 is 9.70. The molecule has 1 heterocycles. The van der Waals surface area contributed by atoms with Crippen LogP contribution in [-0.4, -0.2) is 66.3 Å². The molecule has 0 saturated carbocycles. The molecule has 0 aliphatic rings. The molecule has 10 heteroatoms. The summed E-state index contributed by atoms with van der Waals surface area (Å²) in [6, 6.07) is 0. The van der Waals surface area contributed by atoms with Gasteiger partial charge in [0, 0.05) is 14.2 Å². The zero-order valence-electron chi connectivity index (χ0n) is 10.8. The minimum Gasteiger partial charge on any atom is -0.376 e. The predicted molar refractivity (Wildman–Crippen MR) is 67.5 cm³/mol. The molecule has 4 N–H and O–H groups in total. The number of aliphatic hydroxyl groups excluding tert-OH is 2. The molecular formula is C9H18N6O4. The van der Waals surface area contributed by atoms with Gasteiger partial charge in [0.1, 0.15) is 26.9 Å². The lowest BCUT2D eigenvalue weighted by Gasteiger charge is -2.18. The van der Waals surface area contributed by atoms with E-state index in [1.54, 1.807) is 0 Å². The molecule has 19 heavy (non-hydrogen) atoms. The molecule has 0 aliphatic carbocycles. The molecular weight excluding hydrogens is 256 g/mol. The average molecular weight is 274 g/mol. The Kier molecular flexibility index (Phi) is 6.74. The van der Waals surface area contributed by atoms with Gasteiger partial charge >= 0.3 is 0 Å². The monoisotopic (exact) mass is 274 g/mol. The van der Waals surface area contributed by atoms with Crippen molar-refractivity contribution in [1.82, 2.24) is 15.0 Å². The quantitative estimate of drug-likeness (QED) is 0.400. The van der Waals surface area contributed by atoms with E-state index in [-0.39, 0.29) is 31.3 Å². The van der Waals surface area contributed by atoms with Crippen LogP contribution in [0, 0.1) is 0 Å². The van der Waals surface area contributed by atoms with E-state index in [0.29, 0.717) is 0 Å². The fourth-order valence-electron chi connectivity index (χ4n) is 1.11. The molecule has 0 amide bonds. The first kappa shape index (κ1) is 15.3. The van der Waals surface area contributed by atoms with Crippen molar-refractivity contribution in [3.8, 4) is 0 Å². The minimum absolute atomic E-state index is 0.122. The fourth-order valence-corrected chi connectivity index (χ4v) is 1.11. The molecule has 0 bridgehead atoms. The molecule has 10 nitrogen and oxygen atoms in total. The highest BCUT2D eigenvalue weighted by Crippen LogP contribution is 2.12. The van der Waals surface area contributed by atoms with Crippen molar-refractivity contribution in [3.05, 3.63) is 0 Å². The molecule has 0 unspecified atom stereocenters. The molecule has 108 valence electrons. The van der Waals surface area contributed by atoms with Crippen LogP contribution >= 0.6 is 0 Å². The summed E-state index contributed by atoms with van der Waals surface area (Å²) in [6.07, 6.45) is 0. The summed E-state index contributed by atoms with van der Waals surface area (Å²) in [7, 11) is 3.04. The number of rotatable bonds is 9. The third kappa shape index (κ3) is 4.79. The molecule has 1 aromatic rings. The Hall–Kier alpha value is -1.75. The van der Waals surface area contributed by atoms with Crippen LogP contribution in [0.25, 0.3) is 0 Å². The minimum atomic E-state index is -0.423. The number of ether oxygens (including phenoxy) is 2. The summed E-state index contributed by atoms with van der Waals surface area (Å²) in [5.74, 6) is 0.618. The predicted octanol–water partition coefficient (Wildman–Crippen LogP) is -1.39. The second kappa shape index (κ2) is 8.37. The van der Waals surface area contributed by atoms with Gasteiger partial charge in [-0.25, -0.2) is 0 Å². The van der Waals surface area contributed by atoms with Crippen molar-refractivity contribution in [2.24, 2.45) is 0 Å². The lowest BCUT2D eigenvalue weighted by Crippen LogP contribution is -2.28. The number of aromatic nitrogens is 3. The summed E-state index contributed by atoms with van der Waals surface area (Å²) in [5, 5.41) is 23.8. The first-order valence-corrected chi connectivity index (χ1v) is 5.43. The smallest absolute Gasteiger partial charge is 0.235 e. The normalized spacial score (nSPS) is 10.3. The maximum Gasteiger partial charge on any atom is 0.235 e. The van der Waals surface area contributed by atoms with E-state index in [1.807, 2.05) is 0 Å². The van der Waals surface area contributed by atoms with Gasteiger partial charge in [0.05, 0.1) is 0 Å². The largest absolute Gasteiger partial charge is 0.376 e. The molecule has 0 aromatic carbocycles. The molecule has 0 saturated heterocycles. The Balaban J connectivity index is 2.93. The molecule has 0 aliphatic heterocycles. The van der Waals surface area contributed by atoms with Crippen LogP contribution in [0.5, 0.6) is 0 Å². The van der Waals surface area contributed by atoms with Crippen molar-refractivity contribution in [2.75, 3.05) is 56.7 Å². The van der Waals surface area contributed by atoms with Gasteiger partial charge in [0.25, 0.3) is 0 Å². The standard InChI is InChI=1S/C9H18N6O4/c1-18-3-10-7-12-8(11-4-19-2)14-9(13-7)15(5-16)6-17/h16-17H,3-6H2,1-2H3,(H2,10,11,12,13,14). The molecule has 1 rings (SSSR count). The van der Waals surface area contributed by atoms with E-state index in [0.717, 1.165) is 4.90 Å². The second-order valence-electron chi connectivity index (χ2n) is 3.32. The van der Waals surface area contributed by atoms with Crippen LogP contribution in [-0.2, 0) is 9.47 Å². The first-order valence-electron chi connectivity index (χ1n) is 5.43. The van der Waals surface area contributed by atoms with Crippen LogP contribution < -0.4 is 15.5 Å². The van der Waals surface area contributed by atoms with E-state index in [1.165, 1.54) is 14.2 Å². The van der Waals surface area contributed by atoms with E-state index >= 15 is 0 Å². The Labute approximate surface area is 110 Å². The van der Waals surface area contributed by atoms with E-state index in [2.05, 4.69) is 25.6 Å². The van der Waals surface area contributed by atoms with Gasteiger partial charge in [-0.15, -0.1) is 0 Å². The molecule has 0 fully saturated rings. The zero-order chi connectivity index (χ0) is 14.1. The van der Waals surface area contributed by atoms with E-state index in [9.17, 15) is 0 Å². The summed E-state index contributed by atoms with van der Waals surface area (Å²) in [5.41, 5.74) is 0. The van der Waals surface area contributed by atoms with E-state index < -0.39 is 13.5 Å². The van der Waals surface area contributed by atoms with Crippen LogP contribution in [0.15, 0.2) is 0 Å². The third-order valence-electron chi connectivity index (χ3n) is 2.00. The lowest BCUT2D eigenvalue weighted by molar-refractivity contribution is 0.217. The van der Waals surface area contributed by atoms with Crippen molar-refractivity contribution in [3.63, 3.8) is 0 Å². The van der Waals surface area contributed by atoms with Crippen LogP contribution in [0.1, 0.15) is 0 Å². The number of nitrogens with one attached hydrogen (secondary N) is 2. The van der Waals surface area contributed by atoms with Crippen molar-refractivity contribution in [1.29, 1.82) is 0 Å². The number of aliphatic hydroxyl groups is 2. The number of hydrogen-bond acceptors (Lipinski definition) is 10. The van der Waals surface area contributed by atoms with Crippen molar-refractivity contribution in [2.45, 2.75) is 0 Å². The van der Waals surface area contributed by atoms with Gasteiger partial charge in [-0.1, -0.05) is 0 Å². The maximum absolute atomic E-state index is 9.09. The topological polar surface area (TPSA) is 125 Å². The van der Waals surface area contributed by atoms with Crippen LogP contribution in [0.3, 0.4) is 0 Å². The Morgan fingerprint density at radius 3 is 1.79 bits per heavy atom. The SMILES string of the molecule is COCNc1nc(NCOC)nc(N(CO)CO)n1. The van der Waals surface area contributed by atoms with Gasteiger partial charge in [-0.2, -0.15) is 15.0 Å². The third-order valence-corrected chi connectivity index (χ3v) is 2.00. The summed E-state index contributed by atoms with van der Waals surface area (Å²) in [4.78, 5) is 13.3. The Morgan fingerprint density at radius 2 is 1.42 bits per heavy atom. The Morgan fingerprint density at radius 1 is 0.947 bits per heavy atom. The number of anilines is 3. The number of nitrogens with zero attached hydrogens (tertiary/aromatic N) is 4. The van der Waals surface area contributed by atoms with Crippen molar-refractivity contribution >= 4 is 17.8 Å². The van der Waals surface area contributed by atoms with Crippen LogP contribution in [0.4, 0.5) is 17.8 Å². The first-order chi connectivity index (χ1) is 9.24. The maximum atomic E-state index is 9.09. The van der Waals surface area contributed by atoms with Crippen molar-refractivity contribution < 1.29 is 19.7 Å². The molecule has 1 aromatic heterocycles. The highest BCUT2D eigenvalue weighted by molar-refractivity contribution is 5.43. The lowest BCUT2D eigenvalue weighted by atomic mass is 10.7.